The zero-order valence-corrected chi connectivity index (χ0v) is 15.9. The second kappa shape index (κ2) is 9.76. The van der Waals surface area contributed by atoms with E-state index in [1.54, 1.807) is 11.8 Å². The van der Waals surface area contributed by atoms with Crippen LogP contribution in [0.5, 0.6) is 0 Å². The molecule has 1 N–H and O–H groups in total. The van der Waals surface area contributed by atoms with Crippen LogP contribution in [0.4, 0.5) is 0 Å². The molecule has 0 spiro atoms. The highest BCUT2D eigenvalue weighted by Crippen LogP contribution is 2.10. The van der Waals surface area contributed by atoms with E-state index in [1.807, 2.05) is 68.4 Å². The number of nitrogens with zero attached hydrogens (tertiary/aromatic N) is 1. The molecular weight excluding hydrogens is 324 g/mol. The van der Waals surface area contributed by atoms with Crippen LogP contribution in [0.3, 0.4) is 0 Å². The Hall–Kier alpha value is -2.62. The van der Waals surface area contributed by atoms with Gasteiger partial charge in [0.05, 0.1) is 6.42 Å². The van der Waals surface area contributed by atoms with Crippen LogP contribution in [-0.2, 0) is 22.4 Å². The van der Waals surface area contributed by atoms with Crippen molar-refractivity contribution in [3.05, 3.63) is 71.3 Å². The van der Waals surface area contributed by atoms with E-state index >= 15 is 0 Å². The quantitative estimate of drug-likeness (QED) is 0.793. The molecule has 0 aromatic heterocycles. The van der Waals surface area contributed by atoms with E-state index < -0.39 is 6.04 Å². The molecule has 0 saturated carbocycles. The molecule has 1 unspecified atom stereocenters. The van der Waals surface area contributed by atoms with Crippen molar-refractivity contribution in [2.75, 3.05) is 13.1 Å². The third-order valence-corrected chi connectivity index (χ3v) is 4.48. The Balaban J connectivity index is 2.11. The van der Waals surface area contributed by atoms with Crippen LogP contribution in [-0.4, -0.2) is 35.8 Å². The van der Waals surface area contributed by atoms with Crippen LogP contribution >= 0.6 is 0 Å². The standard InChI is InChI=1S/C22H28N2O2/c1-4-23-22(26)18(3)24(15-14-19-8-6-5-7-9-19)21(25)16-20-12-10-17(2)11-13-20/h5-13,18H,4,14-16H2,1-3H3,(H,23,26). The second-order valence-electron chi connectivity index (χ2n) is 6.56. The Morgan fingerprint density at radius 1 is 1.00 bits per heavy atom. The van der Waals surface area contributed by atoms with E-state index in [0.717, 1.165) is 23.1 Å². The summed E-state index contributed by atoms with van der Waals surface area (Å²) in [7, 11) is 0. The number of hydrogen-bond donors (Lipinski definition) is 1. The van der Waals surface area contributed by atoms with Gasteiger partial charge in [0.15, 0.2) is 0 Å². The topological polar surface area (TPSA) is 49.4 Å². The molecule has 2 aromatic carbocycles. The largest absolute Gasteiger partial charge is 0.355 e. The lowest BCUT2D eigenvalue weighted by molar-refractivity contribution is -0.139. The maximum absolute atomic E-state index is 12.9. The fourth-order valence-corrected chi connectivity index (χ4v) is 2.87. The van der Waals surface area contributed by atoms with Crippen molar-refractivity contribution < 1.29 is 9.59 Å². The van der Waals surface area contributed by atoms with E-state index in [1.165, 1.54) is 0 Å². The van der Waals surface area contributed by atoms with E-state index in [2.05, 4.69) is 5.32 Å². The summed E-state index contributed by atoms with van der Waals surface area (Å²) < 4.78 is 0. The van der Waals surface area contributed by atoms with Crippen LogP contribution in [0.1, 0.15) is 30.5 Å². The molecule has 138 valence electrons. The van der Waals surface area contributed by atoms with Crippen LogP contribution in [0.15, 0.2) is 54.6 Å². The van der Waals surface area contributed by atoms with Gasteiger partial charge >= 0.3 is 0 Å². The summed E-state index contributed by atoms with van der Waals surface area (Å²) in [5, 5.41) is 2.82. The number of nitrogens with one attached hydrogen (secondary N) is 1. The zero-order chi connectivity index (χ0) is 18.9. The predicted octanol–water partition coefficient (Wildman–Crippen LogP) is 3.13. The maximum atomic E-state index is 12.9. The molecule has 2 rings (SSSR count). The van der Waals surface area contributed by atoms with Gasteiger partial charge in [0.25, 0.3) is 0 Å². The summed E-state index contributed by atoms with van der Waals surface area (Å²) in [6, 6.07) is 17.5. The summed E-state index contributed by atoms with van der Waals surface area (Å²) in [4.78, 5) is 26.9. The Labute approximate surface area is 156 Å². The Morgan fingerprint density at radius 3 is 2.27 bits per heavy atom. The highest BCUT2D eigenvalue weighted by Gasteiger charge is 2.25. The van der Waals surface area contributed by atoms with Crippen molar-refractivity contribution in [3.8, 4) is 0 Å². The summed E-state index contributed by atoms with van der Waals surface area (Å²) >= 11 is 0. The number of aryl methyl sites for hydroxylation is 1. The number of rotatable bonds is 8. The number of likely N-dealkylation sites (N-methyl/N-ethyl adjacent to an activating group) is 1. The molecule has 0 heterocycles. The highest BCUT2D eigenvalue weighted by atomic mass is 16.2. The van der Waals surface area contributed by atoms with Gasteiger partial charge in [-0.05, 0) is 38.3 Å². The minimum atomic E-state index is -0.489. The third-order valence-electron chi connectivity index (χ3n) is 4.48. The van der Waals surface area contributed by atoms with Crippen LogP contribution in [0.2, 0.25) is 0 Å². The maximum Gasteiger partial charge on any atom is 0.242 e. The van der Waals surface area contributed by atoms with Crippen molar-refractivity contribution in [1.29, 1.82) is 0 Å². The minimum absolute atomic E-state index is 0.0245. The normalized spacial score (nSPS) is 11.7. The monoisotopic (exact) mass is 352 g/mol. The Kier molecular flexibility index (Phi) is 7.39. The van der Waals surface area contributed by atoms with Crippen LogP contribution < -0.4 is 5.32 Å². The summed E-state index contributed by atoms with van der Waals surface area (Å²) in [6.07, 6.45) is 1.03. The lowest BCUT2D eigenvalue weighted by Crippen LogP contribution is -2.49. The molecule has 0 bridgehead atoms. The molecule has 0 saturated heterocycles. The first-order valence-electron chi connectivity index (χ1n) is 9.18. The highest BCUT2D eigenvalue weighted by molar-refractivity contribution is 5.88. The van der Waals surface area contributed by atoms with E-state index in [4.69, 9.17) is 0 Å². The van der Waals surface area contributed by atoms with Gasteiger partial charge in [0.2, 0.25) is 11.8 Å². The van der Waals surface area contributed by atoms with Gasteiger partial charge in [-0.2, -0.15) is 0 Å². The minimum Gasteiger partial charge on any atom is -0.355 e. The average molecular weight is 352 g/mol. The predicted molar refractivity (Wildman–Crippen MR) is 105 cm³/mol. The molecule has 2 aromatic rings. The molecule has 0 aliphatic rings. The van der Waals surface area contributed by atoms with Crippen LogP contribution in [0.25, 0.3) is 0 Å². The average Bonchev–Trinajstić information content (AvgIpc) is 2.64. The lowest BCUT2D eigenvalue weighted by atomic mass is 10.1. The van der Waals surface area contributed by atoms with Crippen molar-refractivity contribution in [2.45, 2.75) is 39.7 Å². The molecule has 4 nitrogen and oxygen atoms in total. The molecule has 1 atom stereocenters. The summed E-state index contributed by atoms with van der Waals surface area (Å²) in [5.74, 6) is -0.138. The fraction of sp³-hybridized carbons (Fsp3) is 0.364. The van der Waals surface area contributed by atoms with Crippen molar-refractivity contribution in [2.24, 2.45) is 0 Å². The van der Waals surface area contributed by atoms with Gasteiger partial charge < -0.3 is 10.2 Å². The number of carbonyl (C=O) groups excluding carboxylic acids is 2. The summed E-state index contributed by atoms with van der Waals surface area (Å²) in [6.45, 7) is 6.78. The molecule has 2 amide bonds. The van der Waals surface area contributed by atoms with Crippen molar-refractivity contribution in [1.82, 2.24) is 10.2 Å². The summed E-state index contributed by atoms with van der Waals surface area (Å²) in [5.41, 5.74) is 3.29. The zero-order valence-electron chi connectivity index (χ0n) is 15.9. The first-order valence-corrected chi connectivity index (χ1v) is 9.18. The molecule has 0 radical (unpaired) electrons. The van der Waals surface area contributed by atoms with Gasteiger partial charge in [-0.1, -0.05) is 60.2 Å². The Bertz CT molecular complexity index is 711. The smallest absolute Gasteiger partial charge is 0.242 e. The van der Waals surface area contributed by atoms with Crippen molar-refractivity contribution in [3.63, 3.8) is 0 Å². The SMILES string of the molecule is CCNC(=O)C(C)N(CCc1ccccc1)C(=O)Cc1ccc(C)cc1. The molecule has 0 fully saturated rings. The van der Waals surface area contributed by atoms with Gasteiger partial charge in [0.1, 0.15) is 6.04 Å². The number of carbonyl (C=O) groups is 2. The van der Waals surface area contributed by atoms with E-state index in [9.17, 15) is 9.59 Å². The molecule has 0 aliphatic heterocycles. The van der Waals surface area contributed by atoms with Gasteiger partial charge in [-0.15, -0.1) is 0 Å². The van der Waals surface area contributed by atoms with Crippen LogP contribution in [0, 0.1) is 6.92 Å². The number of amides is 2. The molecule has 4 heteroatoms. The van der Waals surface area contributed by atoms with E-state index in [-0.39, 0.29) is 11.8 Å². The molecule has 26 heavy (non-hydrogen) atoms. The molecule has 0 aliphatic carbocycles. The van der Waals surface area contributed by atoms with Gasteiger partial charge in [0, 0.05) is 13.1 Å². The first-order chi connectivity index (χ1) is 12.5. The fourth-order valence-electron chi connectivity index (χ4n) is 2.87. The lowest BCUT2D eigenvalue weighted by Gasteiger charge is -2.28. The molecular formula is C22H28N2O2. The first kappa shape index (κ1) is 19.7. The van der Waals surface area contributed by atoms with Gasteiger partial charge in [-0.25, -0.2) is 0 Å². The number of hydrogen-bond acceptors (Lipinski definition) is 2. The van der Waals surface area contributed by atoms with Gasteiger partial charge in [-0.3, -0.25) is 9.59 Å². The van der Waals surface area contributed by atoms with Crippen molar-refractivity contribution >= 4 is 11.8 Å². The third kappa shape index (κ3) is 5.73. The Morgan fingerprint density at radius 2 is 1.65 bits per heavy atom. The van der Waals surface area contributed by atoms with E-state index in [0.29, 0.717) is 19.5 Å². The second-order valence-corrected chi connectivity index (χ2v) is 6.56. The number of benzene rings is 2.